The van der Waals surface area contributed by atoms with E-state index in [9.17, 15) is 4.39 Å². The highest BCUT2D eigenvalue weighted by molar-refractivity contribution is 5.76. The van der Waals surface area contributed by atoms with Crippen molar-refractivity contribution in [3.63, 3.8) is 0 Å². The molecular weight excluding hydrogens is 229 g/mol. The van der Waals surface area contributed by atoms with Crippen LogP contribution in [0.15, 0.2) is 18.2 Å². The van der Waals surface area contributed by atoms with Crippen LogP contribution in [0.25, 0.3) is 11.0 Å². The van der Waals surface area contributed by atoms with Crippen molar-refractivity contribution in [3.8, 4) is 0 Å². The Kier molecular flexibility index (Phi) is 2.82. The molecule has 96 valence electrons. The first-order chi connectivity index (χ1) is 8.66. The van der Waals surface area contributed by atoms with Gasteiger partial charge in [-0.3, -0.25) is 0 Å². The van der Waals surface area contributed by atoms with Crippen molar-refractivity contribution >= 4 is 11.0 Å². The van der Waals surface area contributed by atoms with Gasteiger partial charge in [0, 0.05) is 25.1 Å². The smallest absolute Gasteiger partial charge is 0.125 e. The van der Waals surface area contributed by atoms with E-state index < -0.39 is 0 Å². The number of rotatable bonds is 1. The summed E-state index contributed by atoms with van der Waals surface area (Å²) in [7, 11) is 1.99. The molecular formula is C14H18FN3. The first-order valence-corrected chi connectivity index (χ1v) is 6.54. The van der Waals surface area contributed by atoms with Crippen molar-refractivity contribution in [2.45, 2.75) is 37.6 Å². The predicted octanol–water partition coefficient (Wildman–Crippen LogP) is 2.70. The maximum absolute atomic E-state index is 13.2. The molecule has 3 nitrogen and oxygen atoms in total. The highest BCUT2D eigenvalue weighted by atomic mass is 19.1. The average molecular weight is 247 g/mol. The number of aromatic nitrogens is 2. The van der Waals surface area contributed by atoms with E-state index in [-0.39, 0.29) is 11.9 Å². The van der Waals surface area contributed by atoms with Crippen molar-refractivity contribution < 1.29 is 4.39 Å². The van der Waals surface area contributed by atoms with Gasteiger partial charge in [0.2, 0.25) is 0 Å². The van der Waals surface area contributed by atoms with Gasteiger partial charge in [-0.15, -0.1) is 0 Å². The van der Waals surface area contributed by atoms with Crippen LogP contribution in [0, 0.1) is 5.82 Å². The molecule has 2 unspecified atom stereocenters. The zero-order valence-corrected chi connectivity index (χ0v) is 10.6. The van der Waals surface area contributed by atoms with Gasteiger partial charge < -0.3 is 10.3 Å². The van der Waals surface area contributed by atoms with Gasteiger partial charge in [0.05, 0.1) is 11.0 Å². The molecule has 1 aromatic heterocycles. The lowest BCUT2D eigenvalue weighted by Crippen LogP contribution is -2.32. The molecule has 1 aliphatic carbocycles. The number of hydrogen-bond acceptors (Lipinski definition) is 2. The summed E-state index contributed by atoms with van der Waals surface area (Å²) >= 11 is 0. The third-order valence-electron chi connectivity index (χ3n) is 4.03. The molecule has 1 fully saturated rings. The first-order valence-electron chi connectivity index (χ1n) is 6.54. The van der Waals surface area contributed by atoms with E-state index in [4.69, 9.17) is 5.73 Å². The monoisotopic (exact) mass is 247 g/mol. The van der Waals surface area contributed by atoms with Gasteiger partial charge in [-0.2, -0.15) is 0 Å². The maximum Gasteiger partial charge on any atom is 0.125 e. The van der Waals surface area contributed by atoms with Crippen molar-refractivity contribution in [3.05, 3.63) is 29.8 Å². The SMILES string of the molecule is Cn1c(C2CCCCC2N)nc2cc(F)ccc21. The second kappa shape index (κ2) is 4.35. The Labute approximate surface area is 106 Å². The van der Waals surface area contributed by atoms with E-state index in [2.05, 4.69) is 9.55 Å². The summed E-state index contributed by atoms with van der Waals surface area (Å²) < 4.78 is 15.3. The number of imidazole rings is 1. The van der Waals surface area contributed by atoms with Crippen molar-refractivity contribution in [1.82, 2.24) is 9.55 Å². The molecule has 1 aliphatic rings. The molecule has 2 aromatic rings. The number of aryl methyl sites for hydroxylation is 1. The molecule has 2 N–H and O–H groups in total. The Morgan fingerprint density at radius 2 is 2.11 bits per heavy atom. The minimum atomic E-state index is -0.236. The predicted molar refractivity (Wildman–Crippen MR) is 69.9 cm³/mol. The number of hydrogen-bond donors (Lipinski definition) is 1. The molecule has 1 heterocycles. The summed E-state index contributed by atoms with van der Waals surface area (Å²) in [4.78, 5) is 4.59. The molecule has 3 rings (SSSR count). The fourth-order valence-electron chi connectivity index (χ4n) is 3.00. The van der Waals surface area contributed by atoms with E-state index >= 15 is 0 Å². The van der Waals surface area contributed by atoms with Crippen LogP contribution in [0.2, 0.25) is 0 Å². The van der Waals surface area contributed by atoms with Crippen LogP contribution in [0.5, 0.6) is 0 Å². The van der Waals surface area contributed by atoms with Gasteiger partial charge in [0.15, 0.2) is 0 Å². The normalized spacial score (nSPS) is 24.6. The van der Waals surface area contributed by atoms with Gasteiger partial charge in [-0.25, -0.2) is 9.37 Å². The molecule has 0 spiro atoms. The average Bonchev–Trinajstić information content (AvgIpc) is 2.67. The van der Waals surface area contributed by atoms with Gasteiger partial charge >= 0.3 is 0 Å². The fourth-order valence-corrected chi connectivity index (χ4v) is 3.00. The first kappa shape index (κ1) is 11.7. The highest BCUT2D eigenvalue weighted by Crippen LogP contribution is 2.32. The highest BCUT2D eigenvalue weighted by Gasteiger charge is 2.27. The van der Waals surface area contributed by atoms with Crippen LogP contribution in [-0.2, 0) is 7.05 Å². The van der Waals surface area contributed by atoms with E-state index in [1.807, 2.05) is 7.05 Å². The van der Waals surface area contributed by atoms with Crippen LogP contribution in [0.3, 0.4) is 0 Å². The summed E-state index contributed by atoms with van der Waals surface area (Å²) in [6.07, 6.45) is 4.55. The molecule has 0 amide bonds. The minimum absolute atomic E-state index is 0.180. The third kappa shape index (κ3) is 1.81. The fraction of sp³-hybridized carbons (Fsp3) is 0.500. The van der Waals surface area contributed by atoms with Crippen LogP contribution < -0.4 is 5.73 Å². The van der Waals surface area contributed by atoms with Gasteiger partial charge in [0.1, 0.15) is 11.6 Å². The summed E-state index contributed by atoms with van der Waals surface area (Å²) in [6.45, 7) is 0. The van der Waals surface area contributed by atoms with E-state index in [1.54, 1.807) is 6.07 Å². The second-order valence-electron chi connectivity index (χ2n) is 5.22. The Bertz CT molecular complexity index is 576. The lowest BCUT2D eigenvalue weighted by molar-refractivity contribution is 0.368. The zero-order chi connectivity index (χ0) is 12.7. The molecule has 0 bridgehead atoms. The van der Waals surface area contributed by atoms with Crippen molar-refractivity contribution in [2.24, 2.45) is 12.8 Å². The van der Waals surface area contributed by atoms with Gasteiger partial charge in [-0.1, -0.05) is 12.8 Å². The number of fused-ring (bicyclic) bond motifs is 1. The molecule has 2 atom stereocenters. The van der Waals surface area contributed by atoms with Crippen LogP contribution in [0.4, 0.5) is 4.39 Å². The quantitative estimate of drug-likeness (QED) is 0.842. The lowest BCUT2D eigenvalue weighted by atomic mass is 9.84. The number of nitrogens with zero attached hydrogens (tertiary/aromatic N) is 2. The van der Waals surface area contributed by atoms with Crippen LogP contribution in [-0.4, -0.2) is 15.6 Å². The molecule has 0 radical (unpaired) electrons. The van der Waals surface area contributed by atoms with E-state index in [0.717, 1.165) is 29.7 Å². The standard InChI is InChI=1S/C14H18FN3/c1-18-13-7-6-9(15)8-12(13)17-14(18)10-4-2-3-5-11(10)16/h6-8,10-11H,2-5,16H2,1H3. The molecule has 1 aromatic carbocycles. The molecule has 18 heavy (non-hydrogen) atoms. The summed E-state index contributed by atoms with van der Waals surface area (Å²) in [5.41, 5.74) is 7.91. The molecule has 4 heteroatoms. The van der Waals surface area contributed by atoms with Gasteiger partial charge in [-0.05, 0) is 25.0 Å². The molecule has 0 saturated heterocycles. The summed E-state index contributed by atoms with van der Waals surface area (Å²) in [6, 6.07) is 4.94. The maximum atomic E-state index is 13.2. The Balaban J connectivity index is 2.08. The van der Waals surface area contributed by atoms with E-state index in [1.165, 1.54) is 25.0 Å². The lowest BCUT2D eigenvalue weighted by Gasteiger charge is -2.27. The third-order valence-corrected chi connectivity index (χ3v) is 4.03. The summed E-state index contributed by atoms with van der Waals surface area (Å²) in [5, 5.41) is 0. The Morgan fingerprint density at radius 1 is 1.33 bits per heavy atom. The van der Waals surface area contributed by atoms with Crippen molar-refractivity contribution in [2.75, 3.05) is 0 Å². The minimum Gasteiger partial charge on any atom is -0.331 e. The Morgan fingerprint density at radius 3 is 2.89 bits per heavy atom. The zero-order valence-electron chi connectivity index (χ0n) is 10.6. The summed E-state index contributed by atoms with van der Waals surface area (Å²) in [5.74, 6) is 1.07. The van der Waals surface area contributed by atoms with Crippen LogP contribution in [0.1, 0.15) is 37.4 Å². The largest absolute Gasteiger partial charge is 0.331 e. The number of halogens is 1. The number of benzene rings is 1. The van der Waals surface area contributed by atoms with E-state index in [0.29, 0.717) is 5.92 Å². The Hall–Kier alpha value is -1.42. The second-order valence-corrected chi connectivity index (χ2v) is 5.22. The molecule has 0 aliphatic heterocycles. The van der Waals surface area contributed by atoms with Crippen molar-refractivity contribution in [1.29, 1.82) is 0 Å². The molecule has 1 saturated carbocycles. The van der Waals surface area contributed by atoms with Gasteiger partial charge in [0.25, 0.3) is 0 Å². The number of nitrogens with two attached hydrogens (primary N) is 1. The topological polar surface area (TPSA) is 43.8 Å². The van der Waals surface area contributed by atoms with Crippen LogP contribution >= 0.6 is 0 Å².